The molecule has 120 valence electrons. The molecule has 0 aromatic carbocycles. The van der Waals surface area contributed by atoms with Crippen LogP contribution in [-0.2, 0) is 14.3 Å². The van der Waals surface area contributed by atoms with Gasteiger partial charge < -0.3 is 14.7 Å². The molecule has 5 heteroatoms. The van der Waals surface area contributed by atoms with Gasteiger partial charge in [-0.25, -0.2) is 0 Å². The smallest absolute Gasteiger partial charge is 0.305 e. The third kappa shape index (κ3) is 4.19. The van der Waals surface area contributed by atoms with Crippen LogP contribution in [0, 0.1) is 0 Å². The highest BCUT2D eigenvalue weighted by Gasteiger charge is 2.40. The molecule has 1 aliphatic carbocycles. The average Bonchev–Trinajstić information content (AvgIpc) is 2.97. The zero-order chi connectivity index (χ0) is 15.3. The van der Waals surface area contributed by atoms with Crippen LogP contribution in [0.4, 0.5) is 0 Å². The fourth-order valence-corrected chi connectivity index (χ4v) is 3.71. The van der Waals surface area contributed by atoms with Gasteiger partial charge in [-0.1, -0.05) is 19.3 Å². The molecule has 1 heterocycles. The molecule has 1 saturated carbocycles. The summed E-state index contributed by atoms with van der Waals surface area (Å²) < 4.78 is 5.55. The number of rotatable bonds is 6. The third-order valence-electron chi connectivity index (χ3n) is 5.05. The number of amides is 1. The van der Waals surface area contributed by atoms with E-state index in [9.17, 15) is 14.7 Å². The number of carbonyl (C=O) groups excluding carboxylic acids is 1. The SMILES string of the molecule is CN(C(=O)CCC1CCCO1)C1(CC(=O)O)CCCCC1. The van der Waals surface area contributed by atoms with Crippen molar-refractivity contribution >= 4 is 11.9 Å². The van der Waals surface area contributed by atoms with Crippen LogP contribution < -0.4 is 0 Å². The van der Waals surface area contributed by atoms with Crippen molar-refractivity contribution < 1.29 is 19.4 Å². The van der Waals surface area contributed by atoms with Crippen molar-refractivity contribution in [2.45, 2.75) is 75.9 Å². The Labute approximate surface area is 126 Å². The molecule has 0 aromatic heterocycles. The maximum Gasteiger partial charge on any atom is 0.305 e. The number of nitrogens with zero attached hydrogens (tertiary/aromatic N) is 1. The predicted octanol–water partition coefficient (Wildman–Crippen LogP) is 2.58. The molecule has 5 nitrogen and oxygen atoms in total. The number of carboxylic acids is 1. The molecule has 2 aliphatic rings. The fourth-order valence-electron chi connectivity index (χ4n) is 3.71. The van der Waals surface area contributed by atoms with E-state index < -0.39 is 11.5 Å². The first-order valence-corrected chi connectivity index (χ1v) is 8.13. The summed E-state index contributed by atoms with van der Waals surface area (Å²) in [5.41, 5.74) is -0.475. The Kier molecular flexibility index (Phi) is 5.62. The van der Waals surface area contributed by atoms with Gasteiger partial charge in [-0.2, -0.15) is 0 Å². The molecule has 21 heavy (non-hydrogen) atoms. The second kappa shape index (κ2) is 7.25. The summed E-state index contributed by atoms with van der Waals surface area (Å²) >= 11 is 0. The predicted molar refractivity (Wildman–Crippen MR) is 79.0 cm³/mol. The number of carbonyl (C=O) groups is 2. The van der Waals surface area contributed by atoms with Crippen LogP contribution in [0.5, 0.6) is 0 Å². The first-order valence-electron chi connectivity index (χ1n) is 8.13. The van der Waals surface area contributed by atoms with Gasteiger partial charge in [0.05, 0.1) is 18.1 Å². The highest BCUT2D eigenvalue weighted by Crippen LogP contribution is 2.36. The monoisotopic (exact) mass is 297 g/mol. The van der Waals surface area contributed by atoms with Crippen molar-refractivity contribution in [1.82, 2.24) is 4.90 Å². The van der Waals surface area contributed by atoms with E-state index >= 15 is 0 Å². The van der Waals surface area contributed by atoms with E-state index in [-0.39, 0.29) is 18.4 Å². The van der Waals surface area contributed by atoms with Gasteiger partial charge >= 0.3 is 5.97 Å². The van der Waals surface area contributed by atoms with E-state index in [1.165, 1.54) is 0 Å². The molecule has 0 bridgehead atoms. The van der Waals surface area contributed by atoms with E-state index in [0.717, 1.165) is 58.0 Å². The zero-order valence-electron chi connectivity index (χ0n) is 13.0. The van der Waals surface area contributed by atoms with Crippen LogP contribution in [0.3, 0.4) is 0 Å². The topological polar surface area (TPSA) is 66.8 Å². The standard InChI is InChI=1S/C16H27NO4/c1-17(14(18)8-7-13-6-5-11-21-13)16(12-15(19)20)9-3-2-4-10-16/h13H,2-12H2,1H3,(H,19,20). The number of carboxylic acid groups (broad SMARTS) is 1. The van der Waals surface area contributed by atoms with Gasteiger partial charge in [0.25, 0.3) is 0 Å². The van der Waals surface area contributed by atoms with Crippen molar-refractivity contribution in [3.63, 3.8) is 0 Å². The maximum atomic E-state index is 12.5. The zero-order valence-corrected chi connectivity index (χ0v) is 13.0. The van der Waals surface area contributed by atoms with Gasteiger partial charge in [0.15, 0.2) is 0 Å². The molecule has 0 aromatic rings. The fraction of sp³-hybridized carbons (Fsp3) is 0.875. The second-order valence-electron chi connectivity index (χ2n) is 6.48. The quantitative estimate of drug-likeness (QED) is 0.818. The molecule has 1 aliphatic heterocycles. The number of aliphatic carboxylic acids is 1. The molecule has 0 radical (unpaired) electrons. The highest BCUT2D eigenvalue weighted by atomic mass is 16.5. The van der Waals surface area contributed by atoms with E-state index in [1.54, 1.807) is 11.9 Å². The van der Waals surface area contributed by atoms with Gasteiger partial charge in [-0.05, 0) is 32.1 Å². The van der Waals surface area contributed by atoms with Crippen molar-refractivity contribution in [2.24, 2.45) is 0 Å². The molecule has 1 N–H and O–H groups in total. The minimum absolute atomic E-state index is 0.0636. The number of hydrogen-bond acceptors (Lipinski definition) is 3. The molecule has 1 unspecified atom stereocenters. The largest absolute Gasteiger partial charge is 0.481 e. The van der Waals surface area contributed by atoms with Gasteiger partial charge in [0.1, 0.15) is 0 Å². The summed E-state index contributed by atoms with van der Waals surface area (Å²) in [5.74, 6) is -0.746. The molecule has 1 saturated heterocycles. The van der Waals surface area contributed by atoms with E-state index in [4.69, 9.17) is 4.74 Å². The Bertz CT molecular complexity index is 370. The maximum absolute atomic E-state index is 12.5. The Hall–Kier alpha value is -1.10. The van der Waals surface area contributed by atoms with Gasteiger partial charge in [0.2, 0.25) is 5.91 Å². The summed E-state index contributed by atoms with van der Waals surface area (Å²) in [7, 11) is 1.78. The summed E-state index contributed by atoms with van der Waals surface area (Å²) in [4.78, 5) is 25.4. The van der Waals surface area contributed by atoms with E-state index in [2.05, 4.69) is 0 Å². The van der Waals surface area contributed by atoms with Crippen LogP contribution in [-0.4, -0.2) is 47.2 Å². The van der Waals surface area contributed by atoms with Crippen LogP contribution in [0.15, 0.2) is 0 Å². The third-order valence-corrected chi connectivity index (χ3v) is 5.05. The normalized spacial score (nSPS) is 24.7. The van der Waals surface area contributed by atoms with Crippen molar-refractivity contribution in [2.75, 3.05) is 13.7 Å². The van der Waals surface area contributed by atoms with Crippen molar-refractivity contribution in [3.05, 3.63) is 0 Å². The number of ether oxygens (including phenoxy) is 1. The average molecular weight is 297 g/mol. The van der Waals surface area contributed by atoms with E-state index in [1.807, 2.05) is 0 Å². The van der Waals surface area contributed by atoms with Gasteiger partial charge in [0, 0.05) is 20.1 Å². The molecule has 1 atom stereocenters. The van der Waals surface area contributed by atoms with Crippen LogP contribution in [0.25, 0.3) is 0 Å². The second-order valence-corrected chi connectivity index (χ2v) is 6.48. The summed E-state index contributed by atoms with van der Waals surface area (Å²) in [6, 6.07) is 0. The summed E-state index contributed by atoms with van der Waals surface area (Å²) in [6.45, 7) is 0.803. The Morgan fingerprint density at radius 2 is 1.95 bits per heavy atom. The lowest BCUT2D eigenvalue weighted by molar-refractivity contribution is -0.146. The van der Waals surface area contributed by atoms with Gasteiger partial charge in [-0.3, -0.25) is 9.59 Å². The lowest BCUT2D eigenvalue weighted by atomic mass is 9.78. The lowest BCUT2D eigenvalue weighted by Crippen LogP contribution is -2.52. The highest BCUT2D eigenvalue weighted by molar-refractivity contribution is 5.78. The molecule has 1 amide bonds. The first kappa shape index (κ1) is 16.3. The van der Waals surface area contributed by atoms with E-state index in [0.29, 0.717) is 6.42 Å². The van der Waals surface area contributed by atoms with Crippen LogP contribution in [0.2, 0.25) is 0 Å². The van der Waals surface area contributed by atoms with Crippen molar-refractivity contribution in [3.8, 4) is 0 Å². The summed E-state index contributed by atoms with van der Waals surface area (Å²) in [6.07, 6.45) is 8.39. The molecular formula is C16H27NO4. The Balaban J connectivity index is 1.93. The minimum Gasteiger partial charge on any atom is -0.481 e. The van der Waals surface area contributed by atoms with Crippen LogP contribution >= 0.6 is 0 Å². The first-order chi connectivity index (χ1) is 10.0. The Morgan fingerprint density at radius 3 is 2.52 bits per heavy atom. The van der Waals surface area contributed by atoms with Crippen LogP contribution in [0.1, 0.15) is 64.2 Å². The molecule has 2 fully saturated rings. The molecule has 0 spiro atoms. The lowest BCUT2D eigenvalue weighted by Gasteiger charge is -2.44. The molecular weight excluding hydrogens is 270 g/mol. The number of hydrogen-bond donors (Lipinski definition) is 1. The minimum atomic E-state index is -0.810. The Morgan fingerprint density at radius 1 is 1.24 bits per heavy atom. The summed E-state index contributed by atoms with van der Waals surface area (Å²) in [5, 5.41) is 9.21. The van der Waals surface area contributed by atoms with Crippen molar-refractivity contribution in [1.29, 1.82) is 0 Å². The molecule has 2 rings (SSSR count). The van der Waals surface area contributed by atoms with Gasteiger partial charge in [-0.15, -0.1) is 0 Å².